The largest absolute Gasteiger partial charge is 0.378 e. The first-order chi connectivity index (χ1) is 11.7. The van der Waals surface area contributed by atoms with Gasteiger partial charge in [-0.15, -0.1) is 0 Å². The van der Waals surface area contributed by atoms with Crippen LogP contribution in [0.15, 0.2) is 60.9 Å². The molecule has 4 rings (SSSR count). The van der Waals surface area contributed by atoms with Crippen LogP contribution in [-0.2, 0) is 0 Å². The second kappa shape index (κ2) is 5.77. The minimum atomic E-state index is 0.708. The molecule has 1 N–H and O–H groups in total. The molecule has 2 aromatic heterocycles. The molecule has 24 heavy (non-hydrogen) atoms. The van der Waals surface area contributed by atoms with Crippen LogP contribution in [0.2, 0.25) is 0 Å². The number of benzene rings is 2. The number of H-pyrrole nitrogens is 1. The van der Waals surface area contributed by atoms with E-state index in [9.17, 15) is 0 Å². The van der Waals surface area contributed by atoms with E-state index in [1.165, 1.54) is 5.69 Å². The second-order valence-corrected chi connectivity index (χ2v) is 5.83. The van der Waals surface area contributed by atoms with Crippen molar-refractivity contribution in [2.75, 3.05) is 19.0 Å². The summed E-state index contributed by atoms with van der Waals surface area (Å²) in [4.78, 5) is 18.8. The molecule has 0 saturated carbocycles. The van der Waals surface area contributed by atoms with Crippen molar-refractivity contribution in [3.63, 3.8) is 0 Å². The summed E-state index contributed by atoms with van der Waals surface area (Å²) in [6.07, 6.45) is 3.49. The van der Waals surface area contributed by atoms with Crippen molar-refractivity contribution in [1.82, 2.24) is 19.9 Å². The van der Waals surface area contributed by atoms with Crippen LogP contribution < -0.4 is 4.90 Å². The standard InChI is InChI=1S/C19H17N5/c1-24(2)15-7-4-13(5-8-15)19-22-16-9-6-14(12-17(16)23-19)18-20-10-3-11-21-18/h3-12H,1-2H3,(H,22,23). The van der Waals surface area contributed by atoms with Crippen LogP contribution in [0.25, 0.3) is 33.8 Å². The molecule has 0 saturated heterocycles. The Bertz CT molecular complexity index is 972. The fraction of sp³-hybridized carbons (Fsp3) is 0.105. The Morgan fingerprint density at radius 2 is 1.58 bits per heavy atom. The Labute approximate surface area is 140 Å². The van der Waals surface area contributed by atoms with Crippen LogP contribution in [0.5, 0.6) is 0 Å². The average Bonchev–Trinajstić information content (AvgIpc) is 3.06. The van der Waals surface area contributed by atoms with Crippen LogP contribution in [0.4, 0.5) is 5.69 Å². The molecule has 0 spiro atoms. The van der Waals surface area contributed by atoms with E-state index in [-0.39, 0.29) is 0 Å². The van der Waals surface area contributed by atoms with Crippen LogP contribution in [0.1, 0.15) is 0 Å². The molecule has 0 unspecified atom stereocenters. The molecule has 2 heterocycles. The number of hydrogen-bond acceptors (Lipinski definition) is 4. The predicted molar refractivity (Wildman–Crippen MR) is 96.9 cm³/mol. The van der Waals surface area contributed by atoms with Crippen molar-refractivity contribution in [3.05, 3.63) is 60.9 Å². The van der Waals surface area contributed by atoms with Gasteiger partial charge in [-0.3, -0.25) is 0 Å². The highest BCUT2D eigenvalue weighted by Gasteiger charge is 2.08. The minimum absolute atomic E-state index is 0.708. The number of nitrogens with one attached hydrogen (secondary N) is 1. The molecule has 2 aromatic carbocycles. The van der Waals surface area contributed by atoms with Gasteiger partial charge >= 0.3 is 0 Å². The Kier molecular flexibility index (Phi) is 3.46. The number of anilines is 1. The summed E-state index contributed by atoms with van der Waals surface area (Å²) in [7, 11) is 4.06. The van der Waals surface area contributed by atoms with Gasteiger partial charge in [0.15, 0.2) is 5.82 Å². The fourth-order valence-corrected chi connectivity index (χ4v) is 2.65. The number of nitrogens with zero attached hydrogens (tertiary/aromatic N) is 4. The fourth-order valence-electron chi connectivity index (χ4n) is 2.65. The maximum atomic E-state index is 4.72. The summed E-state index contributed by atoms with van der Waals surface area (Å²) >= 11 is 0. The van der Waals surface area contributed by atoms with Crippen molar-refractivity contribution in [3.8, 4) is 22.8 Å². The summed E-state index contributed by atoms with van der Waals surface area (Å²) in [5, 5.41) is 0. The summed E-state index contributed by atoms with van der Waals surface area (Å²) in [6.45, 7) is 0. The van der Waals surface area contributed by atoms with Crippen molar-refractivity contribution < 1.29 is 0 Å². The molecule has 0 aliphatic carbocycles. The van der Waals surface area contributed by atoms with Gasteiger partial charge in [-0.05, 0) is 48.5 Å². The average molecular weight is 315 g/mol. The van der Waals surface area contributed by atoms with Gasteiger partial charge in [0.1, 0.15) is 5.82 Å². The smallest absolute Gasteiger partial charge is 0.159 e. The molecule has 0 aliphatic rings. The Morgan fingerprint density at radius 3 is 2.29 bits per heavy atom. The first-order valence-corrected chi connectivity index (χ1v) is 7.75. The predicted octanol–water partition coefficient (Wildman–Crippen LogP) is 3.75. The Morgan fingerprint density at radius 1 is 0.875 bits per heavy atom. The van der Waals surface area contributed by atoms with Crippen molar-refractivity contribution >= 4 is 16.7 Å². The van der Waals surface area contributed by atoms with Gasteiger partial charge in [0.25, 0.3) is 0 Å². The highest BCUT2D eigenvalue weighted by molar-refractivity contribution is 5.83. The zero-order chi connectivity index (χ0) is 16.5. The van der Waals surface area contributed by atoms with Gasteiger partial charge in [-0.25, -0.2) is 15.0 Å². The van der Waals surface area contributed by atoms with Crippen LogP contribution in [0, 0.1) is 0 Å². The summed E-state index contributed by atoms with van der Waals surface area (Å²) in [5.74, 6) is 1.57. The molecule has 0 radical (unpaired) electrons. The van der Waals surface area contributed by atoms with Gasteiger partial charge in [0.2, 0.25) is 0 Å². The zero-order valence-electron chi connectivity index (χ0n) is 13.6. The van der Waals surface area contributed by atoms with Crippen LogP contribution >= 0.6 is 0 Å². The lowest BCUT2D eigenvalue weighted by atomic mass is 10.2. The molecule has 5 nitrogen and oxygen atoms in total. The van der Waals surface area contributed by atoms with E-state index in [4.69, 9.17) is 4.98 Å². The van der Waals surface area contributed by atoms with Gasteiger partial charge in [0, 0.05) is 43.3 Å². The molecule has 0 amide bonds. The van der Waals surface area contributed by atoms with Gasteiger partial charge in [-0.1, -0.05) is 0 Å². The number of imidazole rings is 1. The maximum Gasteiger partial charge on any atom is 0.159 e. The third-order valence-electron chi connectivity index (χ3n) is 3.96. The number of hydrogen-bond donors (Lipinski definition) is 1. The second-order valence-electron chi connectivity index (χ2n) is 5.83. The lowest BCUT2D eigenvalue weighted by Crippen LogP contribution is -2.07. The van der Waals surface area contributed by atoms with E-state index in [0.29, 0.717) is 5.82 Å². The van der Waals surface area contributed by atoms with Gasteiger partial charge in [0.05, 0.1) is 11.0 Å². The van der Waals surface area contributed by atoms with E-state index < -0.39 is 0 Å². The number of aromatic amines is 1. The molecule has 118 valence electrons. The zero-order valence-corrected chi connectivity index (χ0v) is 13.6. The molecule has 0 atom stereocenters. The lowest BCUT2D eigenvalue weighted by molar-refractivity contribution is 1.13. The highest BCUT2D eigenvalue weighted by Crippen LogP contribution is 2.25. The first-order valence-electron chi connectivity index (χ1n) is 7.75. The summed E-state index contributed by atoms with van der Waals surface area (Å²) in [5.41, 5.74) is 5.10. The van der Waals surface area contributed by atoms with Crippen molar-refractivity contribution in [2.45, 2.75) is 0 Å². The Hall–Kier alpha value is -3.21. The topological polar surface area (TPSA) is 57.7 Å². The SMILES string of the molecule is CN(C)c1ccc(-c2nc3cc(-c4ncccn4)ccc3[nH]2)cc1. The van der Waals surface area contributed by atoms with Crippen molar-refractivity contribution in [2.24, 2.45) is 0 Å². The molecular weight excluding hydrogens is 298 g/mol. The van der Waals surface area contributed by atoms with Crippen LogP contribution in [-0.4, -0.2) is 34.0 Å². The molecule has 0 aliphatic heterocycles. The highest BCUT2D eigenvalue weighted by atomic mass is 15.1. The van der Waals surface area contributed by atoms with E-state index in [1.807, 2.05) is 38.4 Å². The van der Waals surface area contributed by atoms with E-state index >= 15 is 0 Å². The monoisotopic (exact) mass is 315 g/mol. The maximum absolute atomic E-state index is 4.72. The third-order valence-corrected chi connectivity index (χ3v) is 3.96. The van der Waals surface area contributed by atoms with Gasteiger partial charge in [-0.2, -0.15) is 0 Å². The van der Waals surface area contributed by atoms with Crippen molar-refractivity contribution in [1.29, 1.82) is 0 Å². The molecular formula is C19H17N5. The molecule has 0 bridgehead atoms. The molecule has 5 heteroatoms. The summed E-state index contributed by atoms with van der Waals surface area (Å²) in [6, 6.07) is 16.2. The number of aromatic nitrogens is 4. The molecule has 0 fully saturated rings. The van der Waals surface area contributed by atoms with Crippen LogP contribution in [0.3, 0.4) is 0 Å². The normalized spacial score (nSPS) is 10.9. The third kappa shape index (κ3) is 2.60. The number of fused-ring (bicyclic) bond motifs is 1. The molecule has 4 aromatic rings. The summed E-state index contributed by atoms with van der Waals surface area (Å²) < 4.78 is 0. The number of rotatable bonds is 3. The van der Waals surface area contributed by atoms with E-state index in [0.717, 1.165) is 28.0 Å². The lowest BCUT2D eigenvalue weighted by Gasteiger charge is -2.11. The Balaban J connectivity index is 1.73. The van der Waals surface area contributed by atoms with Gasteiger partial charge < -0.3 is 9.88 Å². The van der Waals surface area contributed by atoms with E-state index in [1.54, 1.807) is 12.4 Å². The van der Waals surface area contributed by atoms with E-state index in [2.05, 4.69) is 44.1 Å². The quantitative estimate of drug-likeness (QED) is 0.625. The minimum Gasteiger partial charge on any atom is -0.378 e. The first kappa shape index (κ1) is 14.4.